The molecular formula is C80H102ClN17O14. The highest BCUT2D eigenvalue weighted by Crippen LogP contribution is 2.23. The van der Waals surface area contributed by atoms with Crippen molar-refractivity contribution in [3.8, 4) is 0 Å². The number of carbonyl (C=O) groups is 12. The fourth-order valence-corrected chi connectivity index (χ4v) is 13.3. The molecule has 2 aliphatic heterocycles. The highest BCUT2D eigenvalue weighted by Gasteiger charge is 2.41. The minimum absolute atomic E-state index is 0.0170. The fourth-order valence-electron chi connectivity index (χ4n) is 13.2. The normalized spacial score (nSPS) is 15.9. The number of amides is 13. The molecule has 2 heterocycles. The molecule has 8 rings (SSSR count). The summed E-state index contributed by atoms with van der Waals surface area (Å²) in [5.74, 6) is -9.51. The van der Waals surface area contributed by atoms with E-state index in [1.807, 2.05) is 54.6 Å². The number of urea groups is 1. The zero-order valence-corrected chi connectivity index (χ0v) is 63.9. The third-order valence-electron chi connectivity index (χ3n) is 19.1. The third-order valence-corrected chi connectivity index (χ3v) is 19.4. The molecule has 6 aromatic carbocycles. The molecule has 6 aromatic rings. The third kappa shape index (κ3) is 27.2. The van der Waals surface area contributed by atoms with Gasteiger partial charge in [0.2, 0.25) is 65.0 Å². The number of hydrogen-bond acceptors (Lipinski definition) is 16. The van der Waals surface area contributed by atoms with Crippen LogP contribution in [0.1, 0.15) is 93.2 Å². The second kappa shape index (κ2) is 42.6. The molecule has 598 valence electrons. The number of rotatable bonds is 39. The Kier molecular flexibility index (Phi) is 32.7. The Labute approximate surface area is 655 Å². The van der Waals surface area contributed by atoms with Gasteiger partial charge in [-0.25, -0.2) is 4.79 Å². The molecule has 2 aliphatic rings. The van der Waals surface area contributed by atoms with Crippen molar-refractivity contribution >= 4 is 105 Å². The minimum atomic E-state index is -1.82. The summed E-state index contributed by atoms with van der Waals surface area (Å²) in [6.45, 7) is 8.52. The number of aliphatic hydroxyl groups is 1. The maximum Gasteiger partial charge on any atom is 0.316 e. The number of nitrogens with one attached hydrogen (secondary N) is 12. The van der Waals surface area contributed by atoms with Gasteiger partial charge in [0.25, 0.3) is 0 Å². The van der Waals surface area contributed by atoms with E-state index in [-0.39, 0.29) is 82.8 Å². The van der Waals surface area contributed by atoms with E-state index < -0.39 is 138 Å². The Balaban J connectivity index is 1.08. The van der Waals surface area contributed by atoms with Crippen LogP contribution in [0, 0.1) is 11.3 Å². The van der Waals surface area contributed by atoms with Gasteiger partial charge in [-0.05, 0) is 113 Å². The van der Waals surface area contributed by atoms with Gasteiger partial charge < -0.3 is 90.4 Å². The predicted molar refractivity (Wildman–Crippen MR) is 421 cm³/mol. The number of nitrogens with zero attached hydrogens (tertiary/aromatic N) is 2. The van der Waals surface area contributed by atoms with Gasteiger partial charge in [-0.2, -0.15) is 0 Å². The zero-order valence-electron chi connectivity index (χ0n) is 63.2. The summed E-state index contributed by atoms with van der Waals surface area (Å²) in [7, 11) is 0. The van der Waals surface area contributed by atoms with Gasteiger partial charge in [0.05, 0.1) is 19.8 Å². The number of likely N-dealkylation sites (tertiary alicyclic amines) is 1. The van der Waals surface area contributed by atoms with Crippen LogP contribution in [-0.2, 0) is 96.1 Å². The molecular weight excluding hydrogens is 1460 g/mol. The van der Waals surface area contributed by atoms with Crippen LogP contribution in [0.15, 0.2) is 146 Å². The minimum Gasteiger partial charge on any atom is -0.394 e. The summed E-state index contributed by atoms with van der Waals surface area (Å²) in [6.07, 6.45) is -0.0356. The fraction of sp³-hybridized carbons (Fsp3) is 0.412. The topological polar surface area (TPSA) is 475 Å². The Morgan fingerprint density at radius 2 is 0.964 bits per heavy atom. The first kappa shape index (κ1) is 86.1. The molecule has 112 heavy (non-hydrogen) atoms. The number of hydrogen-bond donors (Lipinski definition) is 16. The van der Waals surface area contributed by atoms with E-state index in [2.05, 4.69) is 63.4 Å². The zero-order chi connectivity index (χ0) is 81.0. The number of aliphatic hydroxyl groups excluding tert-OH is 1. The Morgan fingerprint density at radius 1 is 0.518 bits per heavy atom. The smallest absolute Gasteiger partial charge is 0.316 e. The van der Waals surface area contributed by atoms with E-state index in [9.17, 15) is 53.1 Å². The first-order valence-electron chi connectivity index (χ1n) is 37.4. The molecule has 0 radical (unpaired) electrons. The summed E-state index contributed by atoms with van der Waals surface area (Å²) in [5.41, 5.74) is 20.4. The average Bonchev–Trinajstić information content (AvgIpc) is 1.30. The summed E-state index contributed by atoms with van der Waals surface area (Å²) in [6, 6.07) is 27.0. The first-order valence-corrected chi connectivity index (χ1v) is 37.7. The van der Waals surface area contributed by atoms with Gasteiger partial charge in [0, 0.05) is 82.5 Å². The van der Waals surface area contributed by atoms with Gasteiger partial charge in [-0.1, -0.05) is 147 Å². The van der Waals surface area contributed by atoms with Gasteiger partial charge in [-0.15, -0.1) is 0 Å². The van der Waals surface area contributed by atoms with Crippen LogP contribution in [0.25, 0.3) is 10.8 Å². The molecule has 0 bridgehead atoms. The number of primary amides is 2. The second-order valence-corrected chi connectivity index (χ2v) is 28.9. The van der Waals surface area contributed by atoms with Gasteiger partial charge in [0.15, 0.2) is 5.96 Å². The lowest BCUT2D eigenvalue weighted by Crippen LogP contribution is -2.62. The monoisotopic (exact) mass is 1560 g/mol. The number of ether oxygens (including phenoxy) is 1. The number of halogens is 1. The number of morpholine rings is 1. The van der Waals surface area contributed by atoms with E-state index in [1.54, 1.807) is 92.7 Å². The average molecular weight is 1560 g/mol. The molecule has 10 atom stereocenters. The second-order valence-electron chi connectivity index (χ2n) is 28.5. The molecule has 0 saturated carbocycles. The van der Waals surface area contributed by atoms with Crippen LogP contribution in [0.3, 0.4) is 0 Å². The van der Waals surface area contributed by atoms with E-state index in [0.717, 1.165) is 16.3 Å². The van der Waals surface area contributed by atoms with E-state index in [4.69, 9.17) is 38.9 Å². The van der Waals surface area contributed by atoms with Crippen molar-refractivity contribution in [2.45, 2.75) is 159 Å². The number of guanidine groups is 1. The molecule has 32 heteroatoms. The van der Waals surface area contributed by atoms with Crippen molar-refractivity contribution in [2.75, 3.05) is 51.3 Å². The molecule has 0 spiro atoms. The summed E-state index contributed by atoms with van der Waals surface area (Å²) in [5, 5.41) is 50.7. The predicted octanol–water partition coefficient (Wildman–Crippen LogP) is 1.51. The highest BCUT2D eigenvalue weighted by atomic mass is 35.5. The summed E-state index contributed by atoms with van der Waals surface area (Å²) in [4.78, 5) is 173. The summed E-state index contributed by atoms with van der Waals surface area (Å²) < 4.78 is 5.55. The lowest BCUT2D eigenvalue weighted by atomic mass is 9.99. The maximum absolute atomic E-state index is 15.4. The summed E-state index contributed by atoms with van der Waals surface area (Å²) >= 11 is 6.28. The van der Waals surface area contributed by atoms with E-state index >= 15 is 9.59 Å². The molecule has 0 aromatic heterocycles. The van der Waals surface area contributed by atoms with Crippen LogP contribution in [0.4, 0.5) is 10.5 Å². The van der Waals surface area contributed by atoms with Crippen LogP contribution < -0.4 is 75.7 Å². The number of anilines is 1. The van der Waals surface area contributed by atoms with Crippen LogP contribution in [0.2, 0.25) is 5.02 Å². The number of fused-ring (bicyclic) bond motifs is 1. The maximum atomic E-state index is 15.4. The first-order chi connectivity index (χ1) is 53.6. The van der Waals surface area contributed by atoms with Gasteiger partial charge >= 0.3 is 6.03 Å². The quantitative estimate of drug-likeness (QED) is 0.0148. The number of nitrogens with two attached hydrogens (primary N) is 3. The Bertz CT molecular complexity index is 4270. The molecule has 0 aliphatic carbocycles. The lowest BCUT2D eigenvalue weighted by molar-refractivity contribution is -0.142. The highest BCUT2D eigenvalue weighted by molar-refractivity contribution is 6.30. The van der Waals surface area contributed by atoms with Crippen molar-refractivity contribution in [1.82, 2.24) is 63.0 Å². The van der Waals surface area contributed by atoms with Crippen LogP contribution >= 0.6 is 11.6 Å². The molecule has 2 fully saturated rings. The van der Waals surface area contributed by atoms with Gasteiger partial charge in [-0.3, -0.25) is 63.0 Å². The van der Waals surface area contributed by atoms with E-state index in [1.165, 1.54) is 30.9 Å². The van der Waals surface area contributed by atoms with E-state index in [0.29, 0.717) is 77.8 Å². The lowest BCUT2D eigenvalue weighted by Gasteiger charge is -2.31. The molecule has 2 saturated heterocycles. The number of carbonyl (C=O) groups excluding carboxylic acids is 12. The molecule has 0 unspecified atom stereocenters. The SMILES string of the molecule is CC(=O)N[C@H](Cc1ccc2ccccc2c1)C(=O)N[C@H](Cc1ccc(Cl)cc1)C(=O)N[C@H](Cc1ccccc1)C(=O)N[C@@H](CO)C(=O)N[C@@H](Cc1ccc(CN2CCOCC2)cc1)C(=O)N[C@H](Cc1ccc(NC(N)=O)cc1)C(=O)N[C@@H](CC(C)C)C(=O)N[C@@H](CCCNC(=N)N)C(=O)N1CCC[C@H]1C(=O)N[C@H](C)C(N)=O. The van der Waals surface area contributed by atoms with Crippen molar-refractivity contribution in [3.05, 3.63) is 184 Å². The molecule has 13 amide bonds. The van der Waals surface area contributed by atoms with Crippen LogP contribution in [0.5, 0.6) is 0 Å². The Morgan fingerprint density at radius 3 is 1.48 bits per heavy atom. The van der Waals surface area contributed by atoms with Crippen molar-refractivity contribution < 1.29 is 67.4 Å². The standard InChI is InChI=1S/C80H102ClN17O14/c1-47(2)38-61(70(102)90-60(16-10-32-86-79(83)84)78(110)98-33-11-17-68(98)77(109)87-48(3)69(82)101)91-72(104)65(43-53-25-30-59(31-26-53)89-80(85)111)94-74(106)66(41-51-18-20-54(21-19-51)45-97-34-36-112-37-35-97)95-76(108)67(46-99)96-75(107)63(40-50-12-6-5-7-13-50)93-73(105)64(42-52-23-28-58(81)29-24-52)92-71(103)62(88-49(4)100)44-55-22-27-56-14-8-9-15-57(56)39-55/h5-9,12-15,18-31,39,47-48,60-68,99H,10-11,16-17,32-38,40-46H2,1-4H3,(H2,82,101)(H,87,109)(H,88,100)(H,90,102)(H,91,104)(H,92,103)(H,93,105)(H,94,106)(H,95,108)(H,96,107)(H4,83,84,86)(H3,85,89,111)/t48-,60+,61+,62-,63-,64-,65-,66+,67+,68+/m1/s1. The van der Waals surface area contributed by atoms with Gasteiger partial charge in [0.1, 0.15) is 60.4 Å². The largest absolute Gasteiger partial charge is 0.394 e. The molecule has 31 nitrogen and oxygen atoms in total. The van der Waals surface area contributed by atoms with Crippen LogP contribution in [-0.4, -0.2) is 198 Å². The van der Waals surface area contributed by atoms with Crippen molar-refractivity contribution in [3.63, 3.8) is 0 Å². The van der Waals surface area contributed by atoms with Crippen molar-refractivity contribution in [2.24, 2.45) is 23.1 Å². The number of benzene rings is 6. The molecule has 19 N–H and O–H groups in total. The van der Waals surface area contributed by atoms with Crippen molar-refractivity contribution in [1.29, 1.82) is 5.41 Å². The Hall–Kier alpha value is -11.5.